The van der Waals surface area contributed by atoms with Gasteiger partial charge in [-0.3, -0.25) is 14.9 Å². The van der Waals surface area contributed by atoms with E-state index in [9.17, 15) is 38.9 Å². The minimum atomic E-state index is -1.29. The number of hydrogen-bond acceptors (Lipinski definition) is 10. The first kappa shape index (κ1) is 37.2. The quantitative estimate of drug-likeness (QED) is 0.0721. The van der Waals surface area contributed by atoms with Gasteiger partial charge < -0.3 is 39.8 Å². The Bertz CT molecular complexity index is 2540. The largest absolute Gasteiger partial charge is 0.508 e. The van der Waals surface area contributed by atoms with Crippen LogP contribution < -0.4 is 26.1 Å². The zero-order valence-corrected chi connectivity index (χ0v) is 30.1. The number of carboxylic acids is 1. The van der Waals surface area contributed by atoms with E-state index in [-0.39, 0.29) is 70.6 Å². The predicted octanol–water partition coefficient (Wildman–Crippen LogP) is 5.86. The Labute approximate surface area is 324 Å². The number of rotatable bonds is 10. The number of hydrogen-bond donors (Lipinski definition) is 6. The van der Waals surface area contributed by atoms with E-state index < -0.39 is 42.1 Å². The van der Waals surface area contributed by atoms with Crippen LogP contribution in [0.1, 0.15) is 33.8 Å². The molecule has 2 amide bonds. The molecule has 0 bridgehead atoms. The molecule has 57 heavy (non-hydrogen) atoms. The van der Waals surface area contributed by atoms with Gasteiger partial charge in [-0.15, -0.1) is 0 Å². The number of carbonyl (C=O) groups is 3. The summed E-state index contributed by atoms with van der Waals surface area (Å²) >= 11 is 0. The van der Waals surface area contributed by atoms with Crippen molar-refractivity contribution in [1.82, 2.24) is 10.6 Å². The number of nitrogens with one attached hydrogen (secondary N) is 3. The second-order valence-corrected chi connectivity index (χ2v) is 14.0. The van der Waals surface area contributed by atoms with Crippen molar-refractivity contribution in [2.45, 2.75) is 37.1 Å². The van der Waals surface area contributed by atoms with Crippen LogP contribution in [0.4, 0.5) is 14.9 Å². The summed E-state index contributed by atoms with van der Waals surface area (Å²) in [7, 11) is 0. The molecule has 2 aliphatic heterocycles. The van der Waals surface area contributed by atoms with Crippen molar-refractivity contribution in [3.63, 3.8) is 0 Å². The molecule has 0 aromatic heterocycles. The van der Waals surface area contributed by atoms with E-state index in [0.717, 1.165) is 11.1 Å². The maximum atomic E-state index is 13.7. The lowest BCUT2D eigenvalue weighted by atomic mass is 9.71. The van der Waals surface area contributed by atoms with E-state index in [1.807, 2.05) is 18.2 Å². The number of aliphatic hydroxyl groups excluding tert-OH is 1. The minimum Gasteiger partial charge on any atom is -0.508 e. The highest BCUT2D eigenvalue weighted by molar-refractivity contribution is 6.08. The van der Waals surface area contributed by atoms with Crippen LogP contribution in [0.5, 0.6) is 11.5 Å². The van der Waals surface area contributed by atoms with Crippen LogP contribution in [0, 0.1) is 11.7 Å². The van der Waals surface area contributed by atoms with Crippen molar-refractivity contribution in [2.24, 2.45) is 5.92 Å². The predicted molar refractivity (Wildman–Crippen MR) is 206 cm³/mol. The molecule has 1 unspecified atom stereocenters. The highest BCUT2D eigenvalue weighted by Crippen LogP contribution is 2.49. The molecule has 1 fully saturated rings. The number of ether oxygens (including phenoxy) is 2. The van der Waals surface area contributed by atoms with Crippen molar-refractivity contribution < 1.29 is 48.0 Å². The number of carbonyl (C=O) groups excluding carboxylic acids is 2. The van der Waals surface area contributed by atoms with Crippen molar-refractivity contribution in [2.75, 3.05) is 18.5 Å². The Morgan fingerprint density at radius 2 is 1.70 bits per heavy atom. The highest BCUT2D eigenvalue weighted by Gasteiger charge is 2.52. The van der Waals surface area contributed by atoms with Crippen LogP contribution in [0.25, 0.3) is 33.4 Å². The molecule has 2 heterocycles. The van der Waals surface area contributed by atoms with Gasteiger partial charge in [-0.05, 0) is 72.1 Å². The molecule has 14 heteroatoms. The molecule has 4 aromatic carbocycles. The van der Waals surface area contributed by atoms with Crippen LogP contribution in [0.2, 0.25) is 0 Å². The van der Waals surface area contributed by atoms with Crippen LogP contribution in [-0.2, 0) is 16.1 Å². The molecule has 0 spiro atoms. The number of carboxylic acid groups (broad SMARTS) is 1. The lowest BCUT2D eigenvalue weighted by Gasteiger charge is -2.41. The third-order valence-corrected chi connectivity index (χ3v) is 10.5. The number of aromatic carboxylic acids is 1. The number of aliphatic hydroxyl groups is 1. The zero-order chi connectivity index (χ0) is 39.8. The van der Waals surface area contributed by atoms with Gasteiger partial charge in [0.15, 0.2) is 5.43 Å². The molecular formula is C43H36FN3O10. The number of phenolic OH excluding ortho intramolecular Hbond substituents is 1. The first-order valence-electron chi connectivity index (χ1n) is 18.2. The molecule has 4 aromatic rings. The summed E-state index contributed by atoms with van der Waals surface area (Å²) in [5.41, 5.74) is 2.72. The fourth-order valence-corrected chi connectivity index (χ4v) is 7.87. The van der Waals surface area contributed by atoms with E-state index in [0.29, 0.717) is 28.8 Å². The highest BCUT2D eigenvalue weighted by atomic mass is 19.1. The molecule has 8 rings (SSSR count). The number of para-hydroxylation sites is 1. The Morgan fingerprint density at radius 1 is 0.912 bits per heavy atom. The number of fused-ring (bicyclic) bond motifs is 5. The van der Waals surface area contributed by atoms with Crippen LogP contribution >= 0.6 is 0 Å². The lowest BCUT2D eigenvalue weighted by molar-refractivity contribution is -0.130. The summed E-state index contributed by atoms with van der Waals surface area (Å²) < 4.78 is 30.8. The van der Waals surface area contributed by atoms with Gasteiger partial charge in [-0.25, -0.2) is 14.0 Å². The summed E-state index contributed by atoms with van der Waals surface area (Å²) in [6.45, 7) is 0.105. The molecule has 5 atom stereocenters. The lowest BCUT2D eigenvalue weighted by Crippen LogP contribution is -2.57. The number of aromatic hydroxyl groups is 1. The fourth-order valence-electron chi connectivity index (χ4n) is 7.87. The Hall–Kier alpha value is -6.77. The molecule has 290 valence electrons. The Morgan fingerprint density at radius 3 is 2.51 bits per heavy atom. The van der Waals surface area contributed by atoms with Crippen LogP contribution in [0.15, 0.2) is 112 Å². The van der Waals surface area contributed by atoms with Crippen LogP contribution in [0.3, 0.4) is 0 Å². The molecule has 1 saturated carbocycles. The second-order valence-electron chi connectivity index (χ2n) is 14.0. The summed E-state index contributed by atoms with van der Waals surface area (Å²) in [4.78, 5) is 51.3. The Kier molecular flexibility index (Phi) is 10.0. The standard InChI is InChI=1S/C43H36FN3O10/c44-23-7-5-22(6-8-23)21-46-33-20-32(38-28-3-1-2-4-34(28)57-40(38)39(33)50)41(51)45-15-16-55-43(54)47-24-9-12-27(31(17-24)42(52)53)37-29-13-10-25(48)18-35(29)56-36-19-26(49)11-14-30(36)37/h1-14,17-19,32-33,38-40,46,48,50H,15-16,20-21H2,(H,45,51)(H,47,54)(H,52,53)/t32?,33-,38+,39+,40+/m1/s1. The summed E-state index contributed by atoms with van der Waals surface area (Å²) in [5, 5.41) is 40.9. The third-order valence-electron chi connectivity index (χ3n) is 10.5. The first-order valence-corrected chi connectivity index (χ1v) is 18.2. The number of benzene rings is 5. The van der Waals surface area contributed by atoms with Crippen LogP contribution in [-0.4, -0.2) is 64.7 Å². The number of phenols is 1. The van der Waals surface area contributed by atoms with Gasteiger partial charge in [0.1, 0.15) is 47.5 Å². The van der Waals surface area contributed by atoms with Crippen molar-refractivity contribution in [3.05, 3.63) is 136 Å². The van der Waals surface area contributed by atoms with Gasteiger partial charge in [0.05, 0.1) is 18.0 Å². The smallest absolute Gasteiger partial charge is 0.411 e. The molecule has 0 radical (unpaired) electrons. The van der Waals surface area contributed by atoms with Gasteiger partial charge in [-0.2, -0.15) is 0 Å². The van der Waals surface area contributed by atoms with Crippen molar-refractivity contribution in [3.8, 4) is 33.9 Å². The summed E-state index contributed by atoms with van der Waals surface area (Å²) in [6.07, 6.45) is -2.22. The molecule has 13 nitrogen and oxygen atoms in total. The molecule has 6 N–H and O–H groups in total. The minimum absolute atomic E-state index is 0.0297. The van der Waals surface area contributed by atoms with Crippen molar-refractivity contribution in [1.29, 1.82) is 0 Å². The monoisotopic (exact) mass is 773 g/mol. The summed E-state index contributed by atoms with van der Waals surface area (Å²) in [6, 6.07) is 25.7. The fraction of sp³-hybridized carbons (Fsp3) is 0.209. The topological polar surface area (TPSA) is 197 Å². The number of halogens is 1. The Balaban J connectivity index is 0.934. The van der Waals surface area contributed by atoms with E-state index >= 15 is 0 Å². The number of amides is 2. The van der Waals surface area contributed by atoms with Gasteiger partial charge in [0.2, 0.25) is 5.91 Å². The maximum absolute atomic E-state index is 13.7. The normalized spacial score (nSPS) is 19.6. The van der Waals surface area contributed by atoms with Gasteiger partial charge >= 0.3 is 12.1 Å². The third kappa shape index (κ3) is 7.47. The average Bonchev–Trinajstić information content (AvgIpc) is 3.59. The first-order chi connectivity index (χ1) is 27.5. The van der Waals surface area contributed by atoms with E-state index in [2.05, 4.69) is 16.0 Å². The van der Waals surface area contributed by atoms with E-state index in [4.69, 9.17) is 13.9 Å². The summed E-state index contributed by atoms with van der Waals surface area (Å²) in [5.74, 6) is -2.26. The average molecular weight is 774 g/mol. The van der Waals surface area contributed by atoms with Gasteiger partial charge in [-0.1, -0.05) is 36.4 Å². The van der Waals surface area contributed by atoms with Gasteiger partial charge in [0.25, 0.3) is 0 Å². The van der Waals surface area contributed by atoms with E-state index in [1.165, 1.54) is 54.6 Å². The van der Waals surface area contributed by atoms with Gasteiger partial charge in [0, 0.05) is 58.4 Å². The zero-order valence-electron chi connectivity index (χ0n) is 30.1. The van der Waals surface area contributed by atoms with Crippen molar-refractivity contribution >= 4 is 34.6 Å². The maximum Gasteiger partial charge on any atom is 0.411 e. The number of anilines is 1. The molecule has 4 aliphatic rings. The second kappa shape index (κ2) is 15.4. The molecular weight excluding hydrogens is 737 g/mol. The molecule has 2 aliphatic carbocycles. The molecule has 0 saturated heterocycles. The SMILES string of the molecule is O=C(Nc1ccc(-c2c3ccc(=O)cc-3oc3cc(O)ccc23)c(C(=O)O)c1)OCCNC(=O)C1C[C@@H](NCc2ccc(F)cc2)[C@H](O)[C@H]2Oc3ccccc3[C@@H]12. The van der Waals surface area contributed by atoms with E-state index in [1.54, 1.807) is 30.3 Å².